The summed E-state index contributed by atoms with van der Waals surface area (Å²) in [5.74, 6) is 0.251. The Bertz CT molecular complexity index is 504. The average molecular weight is 286 g/mol. The van der Waals surface area contributed by atoms with Gasteiger partial charge in [-0.05, 0) is 25.2 Å². The van der Waals surface area contributed by atoms with Crippen LogP contribution >= 0.6 is 0 Å². The Hall–Kier alpha value is -0.920. The zero-order valence-corrected chi connectivity index (χ0v) is 11.5. The van der Waals surface area contributed by atoms with Crippen molar-refractivity contribution in [3.63, 3.8) is 0 Å². The molecular weight excluding hydrogens is 268 g/mol. The van der Waals surface area contributed by atoms with E-state index in [2.05, 4.69) is 5.16 Å². The van der Waals surface area contributed by atoms with Crippen LogP contribution in [-0.4, -0.2) is 43.7 Å². The Morgan fingerprint density at radius 3 is 2.79 bits per heavy atom. The summed E-state index contributed by atoms with van der Waals surface area (Å²) < 4.78 is 36.6. The van der Waals surface area contributed by atoms with Crippen molar-refractivity contribution >= 4 is 10.0 Å². The van der Waals surface area contributed by atoms with Gasteiger partial charge in [0.25, 0.3) is 0 Å². The summed E-state index contributed by atoms with van der Waals surface area (Å²) in [5, 5.41) is 3.69. The van der Waals surface area contributed by atoms with Gasteiger partial charge in [-0.1, -0.05) is 5.16 Å². The highest BCUT2D eigenvalue weighted by Crippen LogP contribution is 2.32. The molecule has 1 saturated heterocycles. The van der Waals surface area contributed by atoms with Crippen LogP contribution in [0, 0.1) is 5.92 Å². The van der Waals surface area contributed by atoms with Crippen LogP contribution in [0.15, 0.2) is 16.9 Å². The van der Waals surface area contributed by atoms with Gasteiger partial charge in [0.2, 0.25) is 10.0 Å². The van der Waals surface area contributed by atoms with E-state index in [-0.39, 0.29) is 11.8 Å². The molecule has 7 heteroatoms. The lowest BCUT2D eigenvalue weighted by Gasteiger charge is -2.23. The van der Waals surface area contributed by atoms with Crippen LogP contribution in [0.1, 0.15) is 25.0 Å². The lowest BCUT2D eigenvalue weighted by molar-refractivity contribution is 0.180. The van der Waals surface area contributed by atoms with Crippen LogP contribution in [0.3, 0.4) is 0 Å². The number of nitrogens with zero attached hydrogens (tertiary/aromatic N) is 2. The predicted molar refractivity (Wildman–Crippen MR) is 67.8 cm³/mol. The largest absolute Gasteiger partial charge is 0.381 e. The van der Waals surface area contributed by atoms with Crippen LogP contribution in [0.4, 0.5) is 0 Å². The molecule has 0 N–H and O–H groups in total. The summed E-state index contributed by atoms with van der Waals surface area (Å²) in [6, 6.07) is 1.78. The second-order valence-corrected chi connectivity index (χ2v) is 7.20. The van der Waals surface area contributed by atoms with Gasteiger partial charge in [0, 0.05) is 25.3 Å². The normalized spacial score (nSPS) is 24.2. The van der Waals surface area contributed by atoms with Crippen molar-refractivity contribution in [2.45, 2.75) is 31.1 Å². The minimum Gasteiger partial charge on any atom is -0.381 e. The fourth-order valence-corrected chi connectivity index (χ4v) is 4.21. The Labute approximate surface area is 112 Å². The maximum absolute atomic E-state index is 12.5. The molecule has 0 aromatic carbocycles. The molecule has 1 saturated carbocycles. The van der Waals surface area contributed by atoms with Crippen LogP contribution in [0.5, 0.6) is 0 Å². The van der Waals surface area contributed by atoms with Crippen LogP contribution < -0.4 is 0 Å². The van der Waals surface area contributed by atoms with Gasteiger partial charge >= 0.3 is 0 Å². The molecule has 1 aromatic heterocycles. The smallest absolute Gasteiger partial charge is 0.220 e. The molecule has 0 bridgehead atoms. The SMILES string of the molecule is O=S(=O)(Cc1ccon1)N(CC1CCOC1)C1CC1. The number of rotatable bonds is 6. The summed E-state index contributed by atoms with van der Waals surface area (Å²) in [7, 11) is -3.31. The zero-order valence-electron chi connectivity index (χ0n) is 10.7. The fraction of sp³-hybridized carbons (Fsp3) is 0.750. The highest BCUT2D eigenvalue weighted by molar-refractivity contribution is 7.88. The van der Waals surface area contributed by atoms with E-state index in [0.29, 0.717) is 24.8 Å². The van der Waals surface area contributed by atoms with Gasteiger partial charge in [0.05, 0.1) is 12.3 Å². The molecule has 1 aliphatic carbocycles. The first-order valence-corrected chi connectivity index (χ1v) is 8.22. The minimum atomic E-state index is -3.31. The van der Waals surface area contributed by atoms with Gasteiger partial charge < -0.3 is 9.26 Å². The maximum Gasteiger partial charge on any atom is 0.220 e. The zero-order chi connectivity index (χ0) is 13.3. The molecule has 2 heterocycles. The lowest BCUT2D eigenvalue weighted by atomic mass is 10.1. The van der Waals surface area contributed by atoms with Gasteiger partial charge in [-0.25, -0.2) is 8.42 Å². The molecule has 1 unspecified atom stereocenters. The Balaban J connectivity index is 1.71. The maximum atomic E-state index is 12.5. The standard InChI is InChI=1S/C12H18N2O4S/c15-19(16,9-11-4-6-18-13-11)14(12-1-2-12)7-10-3-5-17-8-10/h4,6,10,12H,1-3,5,7-9H2. The first kappa shape index (κ1) is 13.1. The molecule has 1 atom stereocenters. The van der Waals surface area contributed by atoms with Crippen molar-refractivity contribution in [1.29, 1.82) is 0 Å². The van der Waals surface area contributed by atoms with E-state index in [0.717, 1.165) is 25.9 Å². The molecule has 2 fully saturated rings. The molecule has 2 aliphatic rings. The van der Waals surface area contributed by atoms with Crippen molar-refractivity contribution in [3.8, 4) is 0 Å². The third-order valence-electron chi connectivity index (χ3n) is 3.60. The number of sulfonamides is 1. The second kappa shape index (κ2) is 5.22. The molecule has 6 nitrogen and oxygen atoms in total. The number of aromatic nitrogens is 1. The summed E-state index contributed by atoms with van der Waals surface area (Å²) in [5.41, 5.74) is 0.466. The van der Waals surface area contributed by atoms with E-state index in [1.807, 2.05) is 0 Å². The van der Waals surface area contributed by atoms with Gasteiger partial charge in [-0.15, -0.1) is 0 Å². The third kappa shape index (κ3) is 3.16. The summed E-state index contributed by atoms with van der Waals surface area (Å²) in [6.07, 6.45) is 4.27. The lowest BCUT2D eigenvalue weighted by Crippen LogP contribution is -2.38. The van der Waals surface area contributed by atoms with E-state index in [9.17, 15) is 8.42 Å². The van der Waals surface area contributed by atoms with E-state index in [1.165, 1.54) is 6.26 Å². The summed E-state index contributed by atoms with van der Waals surface area (Å²) in [6.45, 7) is 1.99. The predicted octanol–water partition coefficient (Wildman–Crippen LogP) is 1.01. The molecule has 106 valence electrons. The summed E-state index contributed by atoms with van der Waals surface area (Å²) in [4.78, 5) is 0. The Kier molecular flexibility index (Phi) is 3.60. The highest BCUT2D eigenvalue weighted by Gasteiger charge is 2.39. The van der Waals surface area contributed by atoms with Crippen molar-refractivity contribution in [1.82, 2.24) is 9.46 Å². The molecule has 1 aromatic rings. The van der Waals surface area contributed by atoms with Crippen molar-refractivity contribution in [2.24, 2.45) is 5.92 Å². The quantitative estimate of drug-likeness (QED) is 0.780. The molecular formula is C12H18N2O4S. The van der Waals surface area contributed by atoms with Crippen molar-refractivity contribution < 1.29 is 17.7 Å². The van der Waals surface area contributed by atoms with E-state index < -0.39 is 10.0 Å². The van der Waals surface area contributed by atoms with Crippen molar-refractivity contribution in [2.75, 3.05) is 19.8 Å². The highest BCUT2D eigenvalue weighted by atomic mass is 32.2. The van der Waals surface area contributed by atoms with Crippen LogP contribution in [0.25, 0.3) is 0 Å². The minimum absolute atomic E-state index is 0.0758. The molecule has 0 spiro atoms. The van der Waals surface area contributed by atoms with E-state index >= 15 is 0 Å². The summed E-state index contributed by atoms with van der Waals surface area (Å²) >= 11 is 0. The third-order valence-corrected chi connectivity index (χ3v) is 5.42. The van der Waals surface area contributed by atoms with Gasteiger partial charge in [-0.2, -0.15) is 4.31 Å². The number of hydrogen-bond donors (Lipinski definition) is 0. The van der Waals surface area contributed by atoms with Crippen LogP contribution in [-0.2, 0) is 20.5 Å². The Morgan fingerprint density at radius 2 is 2.21 bits per heavy atom. The average Bonchev–Trinajstić information content (AvgIpc) is 2.87. The molecule has 0 amide bonds. The first-order chi connectivity index (χ1) is 9.15. The molecule has 0 radical (unpaired) electrons. The van der Waals surface area contributed by atoms with E-state index in [1.54, 1.807) is 10.4 Å². The van der Waals surface area contributed by atoms with Crippen LogP contribution in [0.2, 0.25) is 0 Å². The topological polar surface area (TPSA) is 72.6 Å². The van der Waals surface area contributed by atoms with Gasteiger partial charge in [-0.3, -0.25) is 0 Å². The van der Waals surface area contributed by atoms with E-state index in [4.69, 9.17) is 9.26 Å². The fourth-order valence-electron chi connectivity index (χ4n) is 2.42. The monoisotopic (exact) mass is 286 g/mol. The Morgan fingerprint density at radius 1 is 1.37 bits per heavy atom. The number of ether oxygens (including phenoxy) is 1. The number of hydrogen-bond acceptors (Lipinski definition) is 5. The van der Waals surface area contributed by atoms with Gasteiger partial charge in [0.15, 0.2) is 0 Å². The van der Waals surface area contributed by atoms with Crippen molar-refractivity contribution in [3.05, 3.63) is 18.0 Å². The first-order valence-electron chi connectivity index (χ1n) is 6.62. The second-order valence-electron chi connectivity index (χ2n) is 5.28. The van der Waals surface area contributed by atoms with Gasteiger partial charge in [0.1, 0.15) is 12.0 Å². The molecule has 3 rings (SSSR count). The molecule has 1 aliphatic heterocycles. The molecule has 19 heavy (non-hydrogen) atoms.